The average molecular weight is 260 g/mol. The summed E-state index contributed by atoms with van der Waals surface area (Å²) < 4.78 is 0. The number of para-hydroxylation sites is 1. The van der Waals surface area contributed by atoms with Crippen molar-refractivity contribution < 1.29 is 0 Å². The van der Waals surface area contributed by atoms with Gasteiger partial charge in [-0.05, 0) is 36.2 Å². The summed E-state index contributed by atoms with van der Waals surface area (Å²) in [7, 11) is 0. The Bertz CT molecular complexity index is 705. The quantitative estimate of drug-likeness (QED) is 0.731. The Labute approximate surface area is 119 Å². The number of benzene rings is 2. The van der Waals surface area contributed by atoms with Crippen LogP contribution >= 0.6 is 0 Å². The van der Waals surface area contributed by atoms with E-state index in [4.69, 9.17) is 0 Å². The Balaban J connectivity index is 2.03. The van der Waals surface area contributed by atoms with Gasteiger partial charge in [-0.2, -0.15) is 0 Å². The van der Waals surface area contributed by atoms with E-state index in [2.05, 4.69) is 59.7 Å². The van der Waals surface area contributed by atoms with Crippen LogP contribution in [-0.4, -0.2) is 4.98 Å². The lowest BCUT2D eigenvalue weighted by Crippen LogP contribution is -1.95. The molecule has 3 rings (SSSR count). The summed E-state index contributed by atoms with van der Waals surface area (Å²) in [5.74, 6) is 0.855. The van der Waals surface area contributed by atoms with Gasteiger partial charge in [-0.25, -0.2) is 4.98 Å². The van der Waals surface area contributed by atoms with Gasteiger partial charge in [0.1, 0.15) is 5.82 Å². The molecule has 0 saturated carbocycles. The summed E-state index contributed by atoms with van der Waals surface area (Å²) in [6.45, 7) is 2.13. The molecule has 0 fully saturated rings. The van der Waals surface area contributed by atoms with Crippen molar-refractivity contribution in [3.8, 4) is 11.1 Å². The first-order valence-corrected chi connectivity index (χ1v) is 6.68. The van der Waals surface area contributed by atoms with Gasteiger partial charge in [0.05, 0.1) is 0 Å². The minimum absolute atomic E-state index is 0.855. The highest BCUT2D eigenvalue weighted by atomic mass is 15.0. The first-order valence-electron chi connectivity index (χ1n) is 6.68. The molecule has 0 unspecified atom stereocenters. The highest BCUT2D eigenvalue weighted by molar-refractivity contribution is 5.81. The number of nitrogens with zero attached hydrogens (tertiary/aromatic N) is 1. The van der Waals surface area contributed by atoms with Crippen molar-refractivity contribution in [1.29, 1.82) is 0 Å². The molecule has 0 aliphatic carbocycles. The molecule has 0 radical (unpaired) electrons. The zero-order valence-electron chi connectivity index (χ0n) is 11.4. The summed E-state index contributed by atoms with van der Waals surface area (Å²) in [6.07, 6.45) is 1.79. The monoisotopic (exact) mass is 260 g/mol. The third kappa shape index (κ3) is 2.54. The number of aromatic nitrogens is 1. The molecule has 0 aliphatic heterocycles. The number of hydrogen-bond acceptors (Lipinski definition) is 2. The lowest BCUT2D eigenvalue weighted by molar-refractivity contribution is 1.31. The Morgan fingerprint density at radius 2 is 1.45 bits per heavy atom. The Hall–Kier alpha value is -2.61. The van der Waals surface area contributed by atoms with Crippen LogP contribution in [0.25, 0.3) is 11.1 Å². The molecule has 0 spiro atoms. The fourth-order valence-electron chi connectivity index (χ4n) is 2.28. The summed E-state index contributed by atoms with van der Waals surface area (Å²) >= 11 is 0. The van der Waals surface area contributed by atoms with E-state index in [1.165, 1.54) is 16.7 Å². The molecular formula is C18H16N2. The molecule has 0 atom stereocenters. The smallest absolute Gasteiger partial charge is 0.130 e. The third-order valence-electron chi connectivity index (χ3n) is 3.29. The lowest BCUT2D eigenvalue weighted by Gasteiger charge is -2.13. The van der Waals surface area contributed by atoms with Crippen LogP contribution in [0.15, 0.2) is 72.9 Å². The molecular weight excluding hydrogens is 244 g/mol. The lowest BCUT2D eigenvalue weighted by atomic mass is 9.99. The molecule has 0 saturated heterocycles. The second-order valence-corrected chi connectivity index (χ2v) is 4.70. The van der Waals surface area contributed by atoms with E-state index < -0.39 is 0 Å². The van der Waals surface area contributed by atoms with E-state index in [9.17, 15) is 0 Å². The van der Waals surface area contributed by atoms with E-state index in [0.717, 1.165) is 11.5 Å². The second-order valence-electron chi connectivity index (χ2n) is 4.70. The van der Waals surface area contributed by atoms with Gasteiger partial charge in [-0.15, -0.1) is 0 Å². The summed E-state index contributed by atoms with van der Waals surface area (Å²) in [5.41, 5.74) is 4.77. The minimum Gasteiger partial charge on any atom is -0.340 e. The molecule has 0 aliphatic rings. The van der Waals surface area contributed by atoms with Gasteiger partial charge in [-0.3, -0.25) is 0 Å². The van der Waals surface area contributed by atoms with Crippen LogP contribution in [-0.2, 0) is 0 Å². The average Bonchev–Trinajstić information content (AvgIpc) is 2.50. The van der Waals surface area contributed by atoms with Crippen LogP contribution < -0.4 is 5.32 Å². The molecule has 2 aromatic carbocycles. The molecule has 0 amide bonds. The van der Waals surface area contributed by atoms with Crippen molar-refractivity contribution >= 4 is 11.5 Å². The molecule has 1 N–H and O–H groups in total. The van der Waals surface area contributed by atoms with Gasteiger partial charge in [-0.1, -0.05) is 48.5 Å². The Morgan fingerprint density at radius 1 is 0.750 bits per heavy atom. The molecule has 0 bridgehead atoms. The second kappa shape index (κ2) is 5.57. The molecule has 1 heterocycles. The molecule has 20 heavy (non-hydrogen) atoms. The van der Waals surface area contributed by atoms with Gasteiger partial charge >= 0.3 is 0 Å². The van der Waals surface area contributed by atoms with Gasteiger partial charge in [0.25, 0.3) is 0 Å². The van der Waals surface area contributed by atoms with E-state index in [0.29, 0.717) is 0 Å². The van der Waals surface area contributed by atoms with Gasteiger partial charge in [0, 0.05) is 17.4 Å². The fraction of sp³-hybridized carbons (Fsp3) is 0.0556. The molecule has 1 aromatic heterocycles. The Morgan fingerprint density at radius 3 is 2.20 bits per heavy atom. The molecule has 98 valence electrons. The first-order chi connectivity index (χ1) is 9.84. The van der Waals surface area contributed by atoms with E-state index >= 15 is 0 Å². The molecule has 2 nitrogen and oxygen atoms in total. The number of hydrogen-bond donors (Lipinski definition) is 1. The normalized spacial score (nSPS) is 10.2. The van der Waals surface area contributed by atoms with E-state index in [1.54, 1.807) is 6.20 Å². The standard InChI is InChI=1S/C18H16N2/c1-14-8-2-3-9-15(14)16-10-4-5-11-17(16)20-18-12-6-7-13-19-18/h2-13H,1H3,(H,19,20). The van der Waals surface area contributed by atoms with Gasteiger partial charge in [0.15, 0.2) is 0 Å². The summed E-state index contributed by atoms with van der Waals surface area (Å²) in [4.78, 5) is 4.32. The SMILES string of the molecule is Cc1ccccc1-c1ccccc1Nc1ccccn1. The highest BCUT2D eigenvalue weighted by Gasteiger charge is 2.07. The third-order valence-corrected chi connectivity index (χ3v) is 3.29. The first kappa shape index (κ1) is 12.4. The topological polar surface area (TPSA) is 24.9 Å². The van der Waals surface area contributed by atoms with E-state index in [-0.39, 0.29) is 0 Å². The van der Waals surface area contributed by atoms with Crippen molar-refractivity contribution in [1.82, 2.24) is 4.98 Å². The number of nitrogens with one attached hydrogen (secondary N) is 1. The zero-order chi connectivity index (χ0) is 13.8. The van der Waals surface area contributed by atoms with Crippen molar-refractivity contribution in [3.05, 3.63) is 78.5 Å². The summed E-state index contributed by atoms with van der Waals surface area (Å²) in [5, 5.41) is 3.39. The minimum atomic E-state index is 0.855. The van der Waals surface area contributed by atoms with Gasteiger partial charge < -0.3 is 5.32 Å². The van der Waals surface area contributed by atoms with Crippen molar-refractivity contribution in [3.63, 3.8) is 0 Å². The number of rotatable bonds is 3. The highest BCUT2D eigenvalue weighted by Crippen LogP contribution is 2.31. The van der Waals surface area contributed by atoms with Crippen molar-refractivity contribution in [2.75, 3.05) is 5.32 Å². The van der Waals surface area contributed by atoms with Crippen LogP contribution in [0.3, 0.4) is 0 Å². The molecule has 3 aromatic rings. The van der Waals surface area contributed by atoms with Crippen LogP contribution in [0.4, 0.5) is 11.5 Å². The maximum absolute atomic E-state index is 4.32. The molecule has 2 heteroatoms. The predicted octanol–water partition coefficient (Wildman–Crippen LogP) is 4.80. The number of anilines is 2. The van der Waals surface area contributed by atoms with E-state index in [1.807, 2.05) is 24.3 Å². The maximum atomic E-state index is 4.32. The fourth-order valence-corrected chi connectivity index (χ4v) is 2.28. The van der Waals surface area contributed by atoms with Crippen LogP contribution in [0.2, 0.25) is 0 Å². The predicted molar refractivity (Wildman–Crippen MR) is 84.1 cm³/mol. The number of aryl methyl sites for hydroxylation is 1. The van der Waals surface area contributed by atoms with Crippen LogP contribution in [0.5, 0.6) is 0 Å². The maximum Gasteiger partial charge on any atom is 0.130 e. The number of pyridine rings is 1. The summed E-state index contributed by atoms with van der Waals surface area (Å²) in [6, 6.07) is 22.6. The van der Waals surface area contributed by atoms with Crippen molar-refractivity contribution in [2.24, 2.45) is 0 Å². The van der Waals surface area contributed by atoms with Crippen molar-refractivity contribution in [2.45, 2.75) is 6.92 Å². The van der Waals surface area contributed by atoms with Crippen LogP contribution in [0, 0.1) is 6.92 Å². The largest absolute Gasteiger partial charge is 0.340 e. The van der Waals surface area contributed by atoms with Crippen LogP contribution in [0.1, 0.15) is 5.56 Å². The van der Waals surface area contributed by atoms with Gasteiger partial charge in [0.2, 0.25) is 0 Å². The Kier molecular flexibility index (Phi) is 3.46. The zero-order valence-corrected chi connectivity index (χ0v) is 11.4.